The van der Waals surface area contributed by atoms with Gasteiger partial charge in [-0.15, -0.1) is 0 Å². The molecule has 0 fully saturated rings. The summed E-state index contributed by atoms with van der Waals surface area (Å²) in [5.74, 6) is -1.10. The molecule has 0 radical (unpaired) electrons. The van der Waals surface area contributed by atoms with Gasteiger partial charge >= 0.3 is 11.9 Å². The molecule has 0 heterocycles. The maximum absolute atomic E-state index is 11.6. The molecule has 0 aliphatic heterocycles. The fourth-order valence-corrected chi connectivity index (χ4v) is 3.43. The second-order valence-corrected chi connectivity index (χ2v) is 8.15. The number of rotatable bonds is 20. The van der Waals surface area contributed by atoms with Crippen molar-refractivity contribution in [1.82, 2.24) is 0 Å². The van der Waals surface area contributed by atoms with Crippen LogP contribution >= 0.6 is 0 Å². The summed E-state index contributed by atoms with van der Waals surface area (Å²) in [5, 5.41) is 0. The van der Waals surface area contributed by atoms with Crippen LogP contribution in [0.25, 0.3) is 0 Å². The quantitative estimate of drug-likeness (QED) is 0.164. The van der Waals surface area contributed by atoms with Crippen LogP contribution in [-0.2, 0) is 19.1 Å². The van der Waals surface area contributed by atoms with E-state index >= 15 is 0 Å². The van der Waals surface area contributed by atoms with Gasteiger partial charge in [-0.3, -0.25) is 9.59 Å². The van der Waals surface area contributed by atoms with Gasteiger partial charge < -0.3 is 9.47 Å². The van der Waals surface area contributed by atoms with E-state index in [1.807, 2.05) is 0 Å². The van der Waals surface area contributed by atoms with Gasteiger partial charge in [0.15, 0.2) is 0 Å². The van der Waals surface area contributed by atoms with E-state index in [-0.39, 0.29) is 18.4 Å². The Morgan fingerprint density at radius 1 is 0.679 bits per heavy atom. The van der Waals surface area contributed by atoms with Gasteiger partial charge in [0.2, 0.25) is 0 Å². The predicted molar refractivity (Wildman–Crippen MR) is 116 cm³/mol. The zero-order chi connectivity index (χ0) is 20.9. The van der Waals surface area contributed by atoms with Crippen molar-refractivity contribution in [2.75, 3.05) is 13.7 Å². The molecule has 0 aromatic heterocycles. The monoisotopic (exact) mass is 398 g/mol. The first kappa shape index (κ1) is 26.9. The number of unbranched alkanes of at least 4 members (excludes halogenated alkanes) is 15. The first-order valence-corrected chi connectivity index (χ1v) is 11.8. The molecule has 4 nitrogen and oxygen atoms in total. The van der Waals surface area contributed by atoms with Crippen molar-refractivity contribution in [3.63, 3.8) is 0 Å². The highest BCUT2D eigenvalue weighted by Gasteiger charge is 2.18. The SMILES string of the molecule is CCCCCCCCCCCCCCCCCCOC(=O)CC(C)C(=O)OC. The summed E-state index contributed by atoms with van der Waals surface area (Å²) in [4.78, 5) is 22.9. The zero-order valence-corrected chi connectivity index (χ0v) is 18.9. The van der Waals surface area contributed by atoms with Crippen molar-refractivity contribution in [3.05, 3.63) is 0 Å². The minimum atomic E-state index is -0.428. The number of hydrogen-bond acceptors (Lipinski definition) is 4. The summed E-state index contributed by atoms with van der Waals surface area (Å²) < 4.78 is 9.78. The van der Waals surface area contributed by atoms with Gasteiger partial charge in [0.25, 0.3) is 0 Å². The molecular weight excluding hydrogens is 352 g/mol. The molecule has 4 heteroatoms. The topological polar surface area (TPSA) is 52.6 Å². The lowest BCUT2D eigenvalue weighted by Gasteiger charge is -2.09. The molecule has 166 valence electrons. The van der Waals surface area contributed by atoms with Crippen molar-refractivity contribution < 1.29 is 19.1 Å². The summed E-state index contributed by atoms with van der Waals surface area (Å²) in [7, 11) is 1.33. The van der Waals surface area contributed by atoms with Gasteiger partial charge in [0.1, 0.15) is 0 Å². The summed E-state index contributed by atoms with van der Waals surface area (Å²) in [6.07, 6.45) is 21.4. The number of carbonyl (C=O) groups is 2. The van der Waals surface area contributed by atoms with Crippen LogP contribution in [0.4, 0.5) is 0 Å². The molecule has 0 N–H and O–H groups in total. The van der Waals surface area contributed by atoms with Crippen molar-refractivity contribution in [2.24, 2.45) is 5.92 Å². The van der Waals surface area contributed by atoms with Crippen LogP contribution in [0.2, 0.25) is 0 Å². The van der Waals surface area contributed by atoms with Gasteiger partial charge in [0.05, 0.1) is 26.1 Å². The number of hydrogen-bond donors (Lipinski definition) is 0. The zero-order valence-electron chi connectivity index (χ0n) is 18.9. The number of ether oxygens (including phenoxy) is 2. The highest BCUT2D eigenvalue weighted by molar-refractivity contribution is 5.79. The third-order valence-electron chi connectivity index (χ3n) is 5.34. The van der Waals surface area contributed by atoms with Crippen LogP contribution in [0.3, 0.4) is 0 Å². The highest BCUT2D eigenvalue weighted by atomic mass is 16.5. The van der Waals surface area contributed by atoms with Crippen LogP contribution in [0.5, 0.6) is 0 Å². The minimum absolute atomic E-state index is 0.103. The summed E-state index contributed by atoms with van der Waals surface area (Å²) in [6.45, 7) is 4.42. The average molecular weight is 399 g/mol. The molecule has 0 aliphatic rings. The Balaban J connectivity index is 3.21. The maximum Gasteiger partial charge on any atom is 0.308 e. The Hall–Kier alpha value is -1.06. The summed E-state index contributed by atoms with van der Waals surface area (Å²) in [6, 6.07) is 0. The molecule has 0 saturated heterocycles. The molecule has 1 unspecified atom stereocenters. The fourth-order valence-electron chi connectivity index (χ4n) is 3.43. The van der Waals surface area contributed by atoms with E-state index < -0.39 is 5.92 Å². The van der Waals surface area contributed by atoms with E-state index in [1.54, 1.807) is 6.92 Å². The van der Waals surface area contributed by atoms with Crippen LogP contribution in [0.15, 0.2) is 0 Å². The second-order valence-electron chi connectivity index (χ2n) is 8.15. The van der Waals surface area contributed by atoms with Crippen molar-refractivity contribution in [1.29, 1.82) is 0 Å². The molecule has 0 amide bonds. The molecule has 0 saturated carbocycles. The predicted octanol–water partition coefficient (Wildman–Crippen LogP) is 6.99. The smallest absolute Gasteiger partial charge is 0.308 e. The molecule has 28 heavy (non-hydrogen) atoms. The summed E-state index contributed by atoms with van der Waals surface area (Å²) >= 11 is 0. The van der Waals surface area contributed by atoms with Crippen LogP contribution < -0.4 is 0 Å². The van der Waals surface area contributed by atoms with E-state index in [0.717, 1.165) is 12.8 Å². The maximum atomic E-state index is 11.6. The van der Waals surface area contributed by atoms with Gasteiger partial charge in [0, 0.05) is 0 Å². The Morgan fingerprint density at radius 2 is 1.07 bits per heavy atom. The van der Waals surface area contributed by atoms with Gasteiger partial charge in [-0.1, -0.05) is 110 Å². The van der Waals surface area contributed by atoms with Crippen LogP contribution in [0, 0.1) is 5.92 Å². The average Bonchev–Trinajstić information content (AvgIpc) is 2.69. The molecular formula is C24H46O4. The molecule has 0 aliphatic carbocycles. The van der Waals surface area contributed by atoms with Crippen molar-refractivity contribution in [2.45, 2.75) is 123 Å². The standard InChI is InChI=1S/C24H46O4/c1-4-5-6-7-8-9-10-11-12-13-14-15-16-17-18-19-20-28-23(25)21-22(2)24(26)27-3/h22H,4-21H2,1-3H3. The Morgan fingerprint density at radius 3 is 1.46 bits per heavy atom. The third-order valence-corrected chi connectivity index (χ3v) is 5.34. The highest BCUT2D eigenvalue weighted by Crippen LogP contribution is 2.14. The molecule has 0 rings (SSSR count). The second kappa shape index (κ2) is 20.7. The molecule has 0 spiro atoms. The number of methoxy groups -OCH3 is 1. The van der Waals surface area contributed by atoms with Crippen LogP contribution in [0.1, 0.15) is 123 Å². The van der Waals surface area contributed by atoms with Crippen molar-refractivity contribution >= 4 is 11.9 Å². The molecule has 0 bridgehead atoms. The summed E-state index contributed by atoms with van der Waals surface area (Å²) in [5.41, 5.74) is 0. The van der Waals surface area contributed by atoms with E-state index in [9.17, 15) is 9.59 Å². The lowest BCUT2D eigenvalue weighted by Crippen LogP contribution is -2.18. The van der Waals surface area contributed by atoms with Crippen molar-refractivity contribution in [3.8, 4) is 0 Å². The fraction of sp³-hybridized carbons (Fsp3) is 0.917. The lowest BCUT2D eigenvalue weighted by molar-refractivity contribution is -0.152. The Kier molecular flexibility index (Phi) is 19.9. The normalized spacial score (nSPS) is 12.0. The van der Waals surface area contributed by atoms with Gasteiger partial charge in [-0.25, -0.2) is 0 Å². The Bertz CT molecular complexity index is 368. The molecule has 0 aromatic carbocycles. The third kappa shape index (κ3) is 18.3. The molecule has 1 atom stereocenters. The van der Waals surface area contributed by atoms with Gasteiger partial charge in [-0.2, -0.15) is 0 Å². The minimum Gasteiger partial charge on any atom is -0.469 e. The van der Waals surface area contributed by atoms with Crippen LogP contribution in [-0.4, -0.2) is 25.7 Å². The first-order valence-electron chi connectivity index (χ1n) is 11.8. The largest absolute Gasteiger partial charge is 0.469 e. The van der Waals surface area contributed by atoms with E-state index in [0.29, 0.717) is 6.61 Å². The number of carbonyl (C=O) groups excluding carboxylic acids is 2. The molecule has 0 aromatic rings. The lowest BCUT2D eigenvalue weighted by atomic mass is 10.0. The Labute approximate surface area is 174 Å². The van der Waals surface area contributed by atoms with E-state index in [1.165, 1.54) is 97.0 Å². The van der Waals surface area contributed by atoms with E-state index in [2.05, 4.69) is 11.7 Å². The first-order chi connectivity index (χ1) is 13.6. The van der Waals surface area contributed by atoms with Gasteiger partial charge in [-0.05, 0) is 6.42 Å². The number of esters is 2. The van der Waals surface area contributed by atoms with E-state index in [4.69, 9.17) is 4.74 Å².